The van der Waals surface area contributed by atoms with E-state index < -0.39 is 11.8 Å². The summed E-state index contributed by atoms with van der Waals surface area (Å²) >= 11 is 0. The second-order valence-electron chi connectivity index (χ2n) is 3.05. The number of carbonyl (C=O) groups excluding carboxylic acids is 1. The first-order valence-electron chi connectivity index (χ1n) is 3.86. The van der Waals surface area contributed by atoms with E-state index in [0.717, 1.165) is 0 Å². The van der Waals surface area contributed by atoms with Crippen LogP contribution in [0.2, 0.25) is 0 Å². The molecule has 0 radical (unpaired) electrons. The Kier molecular flexibility index (Phi) is 6.04. The number of aromatic nitrogens is 1. The summed E-state index contributed by atoms with van der Waals surface area (Å²) in [5, 5.41) is 9.18. The second kappa shape index (κ2) is 5.94. The van der Waals surface area contributed by atoms with Crippen molar-refractivity contribution in [3.63, 3.8) is 0 Å². The van der Waals surface area contributed by atoms with E-state index in [0.29, 0.717) is 0 Å². The van der Waals surface area contributed by atoms with E-state index in [4.69, 9.17) is 0 Å². The molecule has 1 aromatic heterocycles. The molecule has 0 aliphatic rings. The number of rotatable bonds is 2. The van der Waals surface area contributed by atoms with Gasteiger partial charge in [-0.15, -0.1) is 0 Å². The summed E-state index contributed by atoms with van der Waals surface area (Å²) in [5.74, 6) is -2.10. The fourth-order valence-corrected chi connectivity index (χ4v) is 0.763. The van der Waals surface area contributed by atoms with Gasteiger partial charge in [-0.2, -0.15) is 0 Å². The SMILES string of the molecule is CC(C)(O)OC(=O)c1ccccn1.[H-].[K+]. The molecule has 0 fully saturated rings. The van der Waals surface area contributed by atoms with E-state index in [1.165, 1.54) is 26.1 Å². The van der Waals surface area contributed by atoms with Crippen molar-refractivity contribution in [3.8, 4) is 0 Å². The van der Waals surface area contributed by atoms with Gasteiger partial charge in [-0.05, 0) is 12.1 Å². The van der Waals surface area contributed by atoms with Crippen molar-refractivity contribution in [2.75, 3.05) is 0 Å². The van der Waals surface area contributed by atoms with Crippen LogP contribution >= 0.6 is 0 Å². The molecule has 1 N–H and O–H groups in total. The van der Waals surface area contributed by atoms with Crippen molar-refractivity contribution in [1.29, 1.82) is 0 Å². The summed E-state index contributed by atoms with van der Waals surface area (Å²) in [4.78, 5) is 15.0. The first-order valence-corrected chi connectivity index (χ1v) is 3.86. The standard InChI is InChI=1S/C9H11NO3.K.H/c1-9(2,12)13-8(11)7-5-3-4-6-10-7;;/h3-6,12H,1-2H3;;/q;+1;-1. The Labute approximate surface area is 127 Å². The molecule has 72 valence electrons. The van der Waals surface area contributed by atoms with Crippen molar-refractivity contribution in [3.05, 3.63) is 30.1 Å². The summed E-state index contributed by atoms with van der Waals surface area (Å²) < 4.78 is 4.68. The maximum atomic E-state index is 11.2. The Morgan fingerprint density at radius 3 is 2.64 bits per heavy atom. The van der Waals surface area contributed by atoms with Crippen LogP contribution in [0.15, 0.2) is 24.4 Å². The zero-order chi connectivity index (χ0) is 9.90. The van der Waals surface area contributed by atoms with Crippen LogP contribution < -0.4 is 51.4 Å². The predicted molar refractivity (Wildman–Crippen MR) is 47.1 cm³/mol. The largest absolute Gasteiger partial charge is 1.00 e. The van der Waals surface area contributed by atoms with Crippen LogP contribution in [0.1, 0.15) is 25.8 Å². The van der Waals surface area contributed by atoms with Gasteiger partial charge in [0.1, 0.15) is 5.69 Å². The van der Waals surface area contributed by atoms with E-state index in [2.05, 4.69) is 9.72 Å². The molecule has 0 unspecified atom stereocenters. The molecule has 0 amide bonds. The molecular formula is C9H12KNO3. The Balaban J connectivity index is 0. The molecule has 4 nitrogen and oxygen atoms in total. The van der Waals surface area contributed by atoms with E-state index >= 15 is 0 Å². The van der Waals surface area contributed by atoms with Gasteiger partial charge in [0, 0.05) is 20.0 Å². The fourth-order valence-electron chi connectivity index (χ4n) is 0.763. The summed E-state index contributed by atoms with van der Waals surface area (Å²) in [5.41, 5.74) is 0.185. The number of hydrogen-bond acceptors (Lipinski definition) is 4. The van der Waals surface area contributed by atoms with E-state index in [9.17, 15) is 9.90 Å². The maximum Gasteiger partial charge on any atom is 1.00 e. The number of ether oxygens (including phenoxy) is 1. The Morgan fingerprint density at radius 2 is 2.21 bits per heavy atom. The average molecular weight is 221 g/mol. The van der Waals surface area contributed by atoms with Gasteiger partial charge in [0.25, 0.3) is 0 Å². The minimum Gasteiger partial charge on any atom is -1.00 e. The van der Waals surface area contributed by atoms with Crippen molar-refractivity contribution >= 4 is 5.97 Å². The van der Waals surface area contributed by atoms with Gasteiger partial charge in [0.2, 0.25) is 5.79 Å². The number of aliphatic hydroxyl groups is 1. The normalized spacial score (nSPS) is 10.2. The van der Waals surface area contributed by atoms with E-state index in [1.54, 1.807) is 12.1 Å². The van der Waals surface area contributed by atoms with Crippen molar-refractivity contribution in [1.82, 2.24) is 4.98 Å². The molecular weight excluding hydrogens is 209 g/mol. The maximum absolute atomic E-state index is 11.2. The molecule has 0 spiro atoms. The predicted octanol–water partition coefficient (Wildman–Crippen LogP) is -1.92. The fraction of sp³-hybridized carbons (Fsp3) is 0.333. The van der Waals surface area contributed by atoms with Crippen LogP contribution in [-0.4, -0.2) is 21.8 Å². The summed E-state index contributed by atoms with van der Waals surface area (Å²) in [6.45, 7) is 2.77. The first kappa shape index (κ1) is 14.2. The van der Waals surface area contributed by atoms with Crippen LogP contribution in [0.5, 0.6) is 0 Å². The van der Waals surface area contributed by atoms with Crippen molar-refractivity contribution < 1.29 is 67.4 Å². The molecule has 0 saturated carbocycles. The van der Waals surface area contributed by atoms with E-state index in [-0.39, 0.29) is 58.5 Å². The molecule has 1 heterocycles. The van der Waals surface area contributed by atoms with Gasteiger partial charge in [-0.3, -0.25) is 0 Å². The summed E-state index contributed by atoms with van der Waals surface area (Å²) in [6.07, 6.45) is 1.49. The third-order valence-electron chi connectivity index (χ3n) is 1.22. The molecule has 1 rings (SSSR count). The van der Waals surface area contributed by atoms with Gasteiger partial charge in [-0.1, -0.05) is 6.07 Å². The molecule has 0 saturated heterocycles. The quantitative estimate of drug-likeness (QED) is 0.359. The van der Waals surface area contributed by atoms with Crippen LogP contribution in [-0.2, 0) is 4.74 Å². The van der Waals surface area contributed by atoms with Crippen molar-refractivity contribution in [2.45, 2.75) is 19.6 Å². The molecule has 14 heavy (non-hydrogen) atoms. The average Bonchev–Trinajstić information content (AvgIpc) is 2.03. The smallest absolute Gasteiger partial charge is 1.00 e. The molecule has 1 aromatic rings. The van der Waals surface area contributed by atoms with Crippen LogP contribution in [0.4, 0.5) is 0 Å². The van der Waals surface area contributed by atoms with Gasteiger partial charge >= 0.3 is 57.4 Å². The zero-order valence-corrected chi connectivity index (χ0v) is 11.6. The minimum absolute atomic E-state index is 0. The molecule has 5 heteroatoms. The molecule has 0 aliphatic carbocycles. The molecule has 0 aromatic carbocycles. The summed E-state index contributed by atoms with van der Waals surface area (Å²) in [6, 6.07) is 4.89. The number of carbonyl (C=O) groups is 1. The number of esters is 1. The summed E-state index contributed by atoms with van der Waals surface area (Å²) in [7, 11) is 0. The zero-order valence-electron chi connectivity index (χ0n) is 9.52. The van der Waals surface area contributed by atoms with Crippen molar-refractivity contribution in [2.24, 2.45) is 0 Å². The number of hydrogen-bond donors (Lipinski definition) is 1. The third-order valence-corrected chi connectivity index (χ3v) is 1.22. The Morgan fingerprint density at radius 1 is 1.57 bits per heavy atom. The van der Waals surface area contributed by atoms with Crippen LogP contribution in [0.25, 0.3) is 0 Å². The van der Waals surface area contributed by atoms with Gasteiger partial charge < -0.3 is 11.3 Å². The van der Waals surface area contributed by atoms with Gasteiger partial charge in [0.15, 0.2) is 0 Å². The molecule has 0 atom stereocenters. The van der Waals surface area contributed by atoms with Crippen LogP contribution in [0.3, 0.4) is 0 Å². The second-order valence-corrected chi connectivity index (χ2v) is 3.05. The van der Waals surface area contributed by atoms with Crippen LogP contribution in [0, 0.1) is 0 Å². The van der Waals surface area contributed by atoms with Gasteiger partial charge in [0.05, 0.1) is 0 Å². The minimum atomic E-state index is -1.46. The molecule has 0 aliphatic heterocycles. The van der Waals surface area contributed by atoms with E-state index in [1.807, 2.05) is 0 Å². The third kappa shape index (κ3) is 5.19. The number of nitrogens with zero attached hydrogens (tertiary/aromatic N) is 1. The number of pyridine rings is 1. The first-order chi connectivity index (χ1) is 5.99. The molecule has 0 bridgehead atoms. The Hall–Kier alpha value is 0.216. The van der Waals surface area contributed by atoms with Gasteiger partial charge in [-0.25, -0.2) is 9.78 Å². The Bertz CT molecular complexity index is 300. The monoisotopic (exact) mass is 221 g/mol. The topological polar surface area (TPSA) is 59.4 Å².